The maximum Gasteiger partial charge on any atom is 0.227 e. The van der Waals surface area contributed by atoms with Crippen molar-refractivity contribution in [1.29, 1.82) is 0 Å². The van der Waals surface area contributed by atoms with Gasteiger partial charge in [0.1, 0.15) is 11.6 Å². The fourth-order valence-electron chi connectivity index (χ4n) is 3.02. The molecule has 0 aliphatic heterocycles. The van der Waals surface area contributed by atoms with Crippen molar-refractivity contribution in [2.24, 2.45) is 0 Å². The second kappa shape index (κ2) is 10.6. The van der Waals surface area contributed by atoms with Crippen LogP contribution in [0.2, 0.25) is 0 Å². The van der Waals surface area contributed by atoms with Gasteiger partial charge in [0.2, 0.25) is 17.6 Å². The monoisotopic (exact) mass is 475 g/mol. The van der Waals surface area contributed by atoms with Crippen molar-refractivity contribution in [3.05, 3.63) is 59.7 Å². The SMILES string of the molecule is Cc1ccc(-c2noc(CCC(=O)N(C)CCCOc3cccc(S(C)(=O)=O)c3)n2)cc1F. The van der Waals surface area contributed by atoms with Crippen LogP contribution in [0, 0.1) is 12.7 Å². The van der Waals surface area contributed by atoms with Gasteiger partial charge in [-0.05, 0) is 43.2 Å². The molecule has 0 radical (unpaired) electrons. The molecule has 10 heteroatoms. The van der Waals surface area contributed by atoms with Gasteiger partial charge in [-0.3, -0.25) is 4.79 Å². The summed E-state index contributed by atoms with van der Waals surface area (Å²) >= 11 is 0. The standard InChI is InChI=1S/C23H26FN3O5S/c1-16-8-9-17(14-20(16)24)23-25-21(32-26-23)10-11-22(28)27(2)12-5-13-31-18-6-4-7-19(15-18)33(3,29)30/h4,6-9,14-15H,5,10-13H2,1-3H3. The summed E-state index contributed by atoms with van der Waals surface area (Å²) in [5, 5.41) is 3.86. The van der Waals surface area contributed by atoms with Crippen molar-refractivity contribution >= 4 is 15.7 Å². The molecule has 0 saturated heterocycles. The third-order valence-electron chi connectivity index (χ3n) is 5.02. The van der Waals surface area contributed by atoms with E-state index >= 15 is 0 Å². The van der Waals surface area contributed by atoms with Gasteiger partial charge in [-0.25, -0.2) is 12.8 Å². The zero-order valence-corrected chi connectivity index (χ0v) is 19.6. The molecule has 1 aromatic heterocycles. The number of nitrogens with zero attached hydrogens (tertiary/aromatic N) is 3. The average molecular weight is 476 g/mol. The number of carbonyl (C=O) groups excluding carboxylic acids is 1. The molecule has 0 atom stereocenters. The number of aryl methyl sites for hydroxylation is 2. The number of sulfone groups is 1. The minimum atomic E-state index is -3.29. The largest absolute Gasteiger partial charge is 0.493 e. The molecule has 8 nitrogen and oxygen atoms in total. The van der Waals surface area contributed by atoms with Crippen LogP contribution >= 0.6 is 0 Å². The third-order valence-corrected chi connectivity index (χ3v) is 6.13. The average Bonchev–Trinajstić information content (AvgIpc) is 3.25. The Kier molecular flexibility index (Phi) is 7.80. The van der Waals surface area contributed by atoms with Crippen LogP contribution in [0.1, 0.15) is 24.3 Å². The smallest absolute Gasteiger partial charge is 0.227 e. The molecular formula is C23H26FN3O5S. The zero-order chi connectivity index (χ0) is 24.0. The molecule has 0 saturated carbocycles. The first-order chi connectivity index (χ1) is 15.6. The van der Waals surface area contributed by atoms with Crippen LogP contribution in [0.5, 0.6) is 5.75 Å². The summed E-state index contributed by atoms with van der Waals surface area (Å²) in [5.41, 5.74) is 1.04. The Morgan fingerprint density at radius 1 is 1.21 bits per heavy atom. The highest BCUT2D eigenvalue weighted by molar-refractivity contribution is 7.90. The molecule has 1 heterocycles. The van der Waals surface area contributed by atoms with Gasteiger partial charge in [0.25, 0.3) is 0 Å². The Balaban J connectivity index is 1.42. The van der Waals surface area contributed by atoms with E-state index in [0.29, 0.717) is 42.3 Å². The van der Waals surface area contributed by atoms with Crippen LogP contribution < -0.4 is 4.74 Å². The lowest BCUT2D eigenvalue weighted by Crippen LogP contribution is -2.28. The van der Waals surface area contributed by atoms with Crippen molar-refractivity contribution in [2.75, 3.05) is 26.5 Å². The van der Waals surface area contributed by atoms with Gasteiger partial charge in [0.15, 0.2) is 9.84 Å². The molecule has 0 bridgehead atoms. The molecule has 0 unspecified atom stereocenters. The fraction of sp³-hybridized carbons (Fsp3) is 0.348. The summed E-state index contributed by atoms with van der Waals surface area (Å²) in [7, 11) is -1.60. The summed E-state index contributed by atoms with van der Waals surface area (Å²) in [5.74, 6) is 0.620. The molecule has 2 aromatic carbocycles. The molecule has 1 amide bonds. The Morgan fingerprint density at radius 3 is 2.73 bits per heavy atom. The molecule has 3 aromatic rings. The number of hydrogen-bond acceptors (Lipinski definition) is 7. The molecule has 0 fully saturated rings. The molecule has 33 heavy (non-hydrogen) atoms. The maximum absolute atomic E-state index is 13.7. The third kappa shape index (κ3) is 6.85. The Morgan fingerprint density at radius 2 is 2.00 bits per heavy atom. The summed E-state index contributed by atoms with van der Waals surface area (Å²) in [6, 6.07) is 11.0. The minimum absolute atomic E-state index is 0.0878. The van der Waals surface area contributed by atoms with Crippen molar-refractivity contribution in [1.82, 2.24) is 15.0 Å². The Hall–Kier alpha value is -3.27. The fourth-order valence-corrected chi connectivity index (χ4v) is 3.68. The second-order valence-electron chi connectivity index (χ2n) is 7.74. The summed E-state index contributed by atoms with van der Waals surface area (Å²) in [6.45, 7) is 2.48. The van der Waals surface area contributed by atoms with Crippen molar-refractivity contribution < 1.29 is 26.9 Å². The number of benzene rings is 2. The number of aromatic nitrogens is 2. The van der Waals surface area contributed by atoms with E-state index in [2.05, 4.69) is 10.1 Å². The van der Waals surface area contributed by atoms with Gasteiger partial charge in [0.05, 0.1) is 11.5 Å². The molecule has 176 valence electrons. The van der Waals surface area contributed by atoms with Crippen LogP contribution in [-0.4, -0.2) is 55.8 Å². The van der Waals surface area contributed by atoms with Gasteiger partial charge < -0.3 is 14.2 Å². The summed E-state index contributed by atoms with van der Waals surface area (Å²) in [4.78, 5) is 18.4. The van der Waals surface area contributed by atoms with Gasteiger partial charge in [-0.15, -0.1) is 0 Å². The molecule has 0 spiro atoms. The molecule has 3 rings (SSSR count). The second-order valence-corrected chi connectivity index (χ2v) is 9.76. The first-order valence-corrected chi connectivity index (χ1v) is 12.3. The Bertz CT molecular complexity index is 1230. The number of ether oxygens (including phenoxy) is 1. The van der Waals surface area contributed by atoms with Crippen LogP contribution in [0.3, 0.4) is 0 Å². The van der Waals surface area contributed by atoms with E-state index in [1.54, 1.807) is 43.1 Å². The number of halogens is 1. The van der Waals surface area contributed by atoms with Gasteiger partial charge in [0, 0.05) is 38.3 Å². The number of rotatable bonds is 10. The minimum Gasteiger partial charge on any atom is -0.493 e. The Labute approximate surface area is 192 Å². The van der Waals surface area contributed by atoms with Gasteiger partial charge in [-0.2, -0.15) is 4.98 Å². The lowest BCUT2D eigenvalue weighted by atomic mass is 10.1. The first kappa shape index (κ1) is 24.4. The van der Waals surface area contributed by atoms with E-state index < -0.39 is 9.84 Å². The zero-order valence-electron chi connectivity index (χ0n) is 18.7. The number of carbonyl (C=O) groups is 1. The van der Waals surface area contributed by atoms with E-state index in [0.717, 1.165) is 6.26 Å². The predicted molar refractivity (Wildman–Crippen MR) is 120 cm³/mol. The maximum atomic E-state index is 13.7. The van der Waals surface area contributed by atoms with Crippen LogP contribution in [0.4, 0.5) is 4.39 Å². The first-order valence-electron chi connectivity index (χ1n) is 10.4. The topological polar surface area (TPSA) is 103 Å². The summed E-state index contributed by atoms with van der Waals surface area (Å²) < 4.78 is 47.7. The quantitative estimate of drug-likeness (QED) is 0.414. The lowest BCUT2D eigenvalue weighted by molar-refractivity contribution is -0.130. The van der Waals surface area contributed by atoms with Crippen LogP contribution in [-0.2, 0) is 21.1 Å². The lowest BCUT2D eigenvalue weighted by Gasteiger charge is -2.17. The number of hydrogen-bond donors (Lipinski definition) is 0. The van der Waals surface area contributed by atoms with E-state index in [-0.39, 0.29) is 35.3 Å². The van der Waals surface area contributed by atoms with E-state index in [4.69, 9.17) is 9.26 Å². The normalized spacial score (nSPS) is 11.4. The van der Waals surface area contributed by atoms with Crippen LogP contribution in [0.15, 0.2) is 51.9 Å². The number of amides is 1. The van der Waals surface area contributed by atoms with E-state index in [1.807, 2.05) is 0 Å². The van der Waals surface area contributed by atoms with Crippen molar-refractivity contribution in [2.45, 2.75) is 31.1 Å². The highest BCUT2D eigenvalue weighted by Gasteiger charge is 2.14. The molecular weight excluding hydrogens is 449 g/mol. The molecule has 0 aliphatic rings. The van der Waals surface area contributed by atoms with E-state index in [9.17, 15) is 17.6 Å². The van der Waals surface area contributed by atoms with Crippen LogP contribution in [0.25, 0.3) is 11.4 Å². The van der Waals surface area contributed by atoms with Gasteiger partial charge in [-0.1, -0.05) is 23.4 Å². The van der Waals surface area contributed by atoms with E-state index in [1.165, 1.54) is 18.2 Å². The van der Waals surface area contributed by atoms with Crippen molar-refractivity contribution in [3.63, 3.8) is 0 Å². The molecule has 0 N–H and O–H groups in total. The highest BCUT2D eigenvalue weighted by Crippen LogP contribution is 2.20. The highest BCUT2D eigenvalue weighted by atomic mass is 32.2. The van der Waals surface area contributed by atoms with Crippen molar-refractivity contribution in [3.8, 4) is 17.1 Å². The predicted octanol–water partition coefficient (Wildman–Crippen LogP) is 3.45. The molecule has 0 aliphatic carbocycles. The summed E-state index contributed by atoms with van der Waals surface area (Å²) in [6.07, 6.45) is 2.19. The van der Waals surface area contributed by atoms with Gasteiger partial charge >= 0.3 is 0 Å².